The predicted molar refractivity (Wildman–Crippen MR) is 105 cm³/mol. The van der Waals surface area contributed by atoms with Crippen LogP contribution in [0.3, 0.4) is 0 Å². The van der Waals surface area contributed by atoms with Gasteiger partial charge in [0, 0.05) is 0 Å². The van der Waals surface area contributed by atoms with Crippen molar-refractivity contribution < 1.29 is 10.2 Å². The van der Waals surface area contributed by atoms with Gasteiger partial charge in [-0.15, -0.1) is 6.58 Å². The highest BCUT2D eigenvalue weighted by Crippen LogP contribution is 2.27. The van der Waals surface area contributed by atoms with E-state index in [2.05, 4.69) is 33.4 Å². The van der Waals surface area contributed by atoms with Crippen molar-refractivity contribution in [2.24, 2.45) is 0 Å². The minimum absolute atomic E-state index is 0.345. The average molecular weight is 328 g/mol. The smallest absolute Gasteiger partial charge is 0.119 e. The van der Waals surface area contributed by atoms with E-state index in [9.17, 15) is 5.11 Å². The Kier molecular flexibility index (Phi) is 9.56. The summed E-state index contributed by atoms with van der Waals surface area (Å²) in [5.41, 5.74) is 5.79. The van der Waals surface area contributed by atoms with Gasteiger partial charge < -0.3 is 10.2 Å². The summed E-state index contributed by atoms with van der Waals surface area (Å²) in [6.07, 6.45) is 1.75. The number of phenols is 2. The van der Waals surface area contributed by atoms with Crippen LogP contribution >= 0.6 is 0 Å². The number of hydrogen-bond acceptors (Lipinski definition) is 2. The number of hydrogen-bond donors (Lipinski definition) is 2. The van der Waals surface area contributed by atoms with E-state index in [1.54, 1.807) is 18.2 Å². The van der Waals surface area contributed by atoms with Gasteiger partial charge >= 0.3 is 0 Å². The molecule has 0 unspecified atom stereocenters. The summed E-state index contributed by atoms with van der Waals surface area (Å²) in [7, 11) is 0. The Balaban J connectivity index is 0.000000390. The Hall–Kier alpha value is -2.22. The molecule has 2 heteroatoms. The molecule has 2 nitrogen and oxygen atoms in total. The Morgan fingerprint density at radius 1 is 0.833 bits per heavy atom. The maximum Gasteiger partial charge on any atom is 0.119 e. The lowest BCUT2D eigenvalue weighted by molar-refractivity contribution is 0.464. The number of aryl methyl sites for hydroxylation is 4. The minimum atomic E-state index is 0.345. The lowest BCUT2D eigenvalue weighted by Gasteiger charge is -2.10. The quantitative estimate of drug-likeness (QED) is 0.600. The van der Waals surface area contributed by atoms with E-state index in [0.29, 0.717) is 17.4 Å². The first kappa shape index (κ1) is 21.8. The van der Waals surface area contributed by atoms with Crippen LogP contribution in [-0.4, -0.2) is 10.2 Å². The summed E-state index contributed by atoms with van der Waals surface area (Å²) in [5, 5.41) is 18.5. The van der Waals surface area contributed by atoms with Crippen LogP contribution in [-0.2, 0) is 0 Å². The first-order valence-electron chi connectivity index (χ1n) is 8.27. The molecule has 0 saturated heterocycles. The van der Waals surface area contributed by atoms with Crippen LogP contribution < -0.4 is 0 Å². The molecule has 0 fully saturated rings. The SMILES string of the molecule is C=CC.Cc1cc(O)c(C(C)C)cc1C.Cc1ccc(O)cc1C. The van der Waals surface area contributed by atoms with Gasteiger partial charge in [-0.25, -0.2) is 0 Å². The van der Waals surface area contributed by atoms with Crippen molar-refractivity contribution in [3.8, 4) is 11.5 Å². The number of benzene rings is 2. The Morgan fingerprint density at radius 3 is 1.71 bits per heavy atom. The van der Waals surface area contributed by atoms with Crippen molar-refractivity contribution in [3.63, 3.8) is 0 Å². The van der Waals surface area contributed by atoms with Crippen LogP contribution in [0.2, 0.25) is 0 Å². The monoisotopic (exact) mass is 328 g/mol. The predicted octanol–water partition coefficient (Wildman–Crippen LogP) is 6.33. The molecule has 0 aromatic heterocycles. The number of rotatable bonds is 1. The zero-order valence-electron chi connectivity index (χ0n) is 16.1. The third kappa shape index (κ3) is 7.36. The van der Waals surface area contributed by atoms with Crippen LogP contribution in [0.4, 0.5) is 0 Å². The first-order valence-corrected chi connectivity index (χ1v) is 8.27. The molecule has 0 bridgehead atoms. The van der Waals surface area contributed by atoms with Gasteiger partial charge in [-0.2, -0.15) is 0 Å². The molecule has 0 heterocycles. The molecule has 2 aromatic carbocycles. The fourth-order valence-corrected chi connectivity index (χ4v) is 2.01. The lowest BCUT2D eigenvalue weighted by Crippen LogP contribution is -1.91. The second kappa shape index (κ2) is 10.5. The van der Waals surface area contributed by atoms with Gasteiger partial charge in [0.1, 0.15) is 11.5 Å². The van der Waals surface area contributed by atoms with Gasteiger partial charge in [0.25, 0.3) is 0 Å². The molecule has 0 spiro atoms. The molecule has 0 aliphatic heterocycles. The van der Waals surface area contributed by atoms with Crippen molar-refractivity contribution in [2.75, 3.05) is 0 Å². The highest BCUT2D eigenvalue weighted by atomic mass is 16.3. The molecule has 2 N–H and O–H groups in total. The second-order valence-corrected chi connectivity index (χ2v) is 6.33. The van der Waals surface area contributed by atoms with E-state index in [4.69, 9.17) is 5.11 Å². The van der Waals surface area contributed by atoms with Gasteiger partial charge in [-0.1, -0.05) is 32.1 Å². The highest BCUT2D eigenvalue weighted by molar-refractivity contribution is 5.42. The Morgan fingerprint density at radius 2 is 1.29 bits per heavy atom. The van der Waals surface area contributed by atoms with Crippen molar-refractivity contribution in [1.29, 1.82) is 0 Å². The standard InChI is InChI=1S/C11H16O.C8H10O.C3H6/c1-7(2)10-5-8(3)9(4)6-11(10)12;1-6-3-4-8(9)5-7(6)2;1-3-2/h5-7,12H,1-4H3;3-5,9H,1-2H3;3H,1H2,2H3. The Bertz CT molecular complexity index is 655. The normalized spacial score (nSPS) is 9.50. The largest absolute Gasteiger partial charge is 0.508 e. The summed E-state index contributed by atoms with van der Waals surface area (Å²) < 4.78 is 0. The molecule has 2 rings (SSSR count). The van der Waals surface area contributed by atoms with Crippen molar-refractivity contribution >= 4 is 0 Å². The topological polar surface area (TPSA) is 40.5 Å². The van der Waals surface area contributed by atoms with Gasteiger partial charge in [-0.05, 0) is 86.6 Å². The van der Waals surface area contributed by atoms with Crippen molar-refractivity contribution in [1.82, 2.24) is 0 Å². The lowest BCUT2D eigenvalue weighted by atomic mass is 9.97. The fraction of sp³-hybridized carbons (Fsp3) is 0.364. The molecule has 2 aromatic rings. The third-order valence-corrected chi connectivity index (χ3v) is 3.76. The number of allylic oxidation sites excluding steroid dienone is 1. The molecule has 0 radical (unpaired) electrons. The van der Waals surface area contributed by atoms with E-state index < -0.39 is 0 Å². The van der Waals surface area contributed by atoms with E-state index in [1.807, 2.05) is 39.8 Å². The number of aromatic hydroxyl groups is 2. The van der Waals surface area contributed by atoms with Crippen LogP contribution in [0.15, 0.2) is 43.0 Å². The summed E-state index contributed by atoms with van der Waals surface area (Å²) >= 11 is 0. The van der Waals surface area contributed by atoms with Crippen LogP contribution in [0, 0.1) is 27.7 Å². The molecule has 0 aliphatic rings. The molecule has 24 heavy (non-hydrogen) atoms. The molecule has 0 saturated carbocycles. The molecule has 132 valence electrons. The van der Waals surface area contributed by atoms with Crippen LogP contribution in [0.25, 0.3) is 0 Å². The van der Waals surface area contributed by atoms with Gasteiger partial charge in [0.15, 0.2) is 0 Å². The minimum Gasteiger partial charge on any atom is -0.508 e. The maximum absolute atomic E-state index is 9.59. The molecular formula is C22H32O2. The molecular weight excluding hydrogens is 296 g/mol. The van der Waals surface area contributed by atoms with Gasteiger partial charge in [0.05, 0.1) is 0 Å². The van der Waals surface area contributed by atoms with E-state index in [1.165, 1.54) is 11.1 Å². The summed E-state index contributed by atoms with van der Waals surface area (Å²) in [4.78, 5) is 0. The van der Waals surface area contributed by atoms with Crippen molar-refractivity contribution in [3.05, 3.63) is 70.8 Å². The number of phenolic OH excluding ortho intramolecular Hbond substituents is 2. The van der Waals surface area contributed by atoms with Crippen LogP contribution in [0.5, 0.6) is 11.5 Å². The third-order valence-electron chi connectivity index (χ3n) is 3.76. The van der Waals surface area contributed by atoms with E-state index in [-0.39, 0.29) is 0 Å². The maximum atomic E-state index is 9.59. The zero-order chi connectivity index (χ0) is 18.9. The second-order valence-electron chi connectivity index (χ2n) is 6.33. The summed E-state index contributed by atoms with van der Waals surface area (Å²) in [6.45, 7) is 17.5. The fourth-order valence-electron chi connectivity index (χ4n) is 2.01. The van der Waals surface area contributed by atoms with E-state index in [0.717, 1.165) is 16.7 Å². The molecule has 0 atom stereocenters. The van der Waals surface area contributed by atoms with Gasteiger partial charge in [-0.3, -0.25) is 0 Å². The van der Waals surface area contributed by atoms with Gasteiger partial charge in [0.2, 0.25) is 0 Å². The summed E-state index contributed by atoms with van der Waals surface area (Å²) in [5.74, 6) is 1.16. The first-order chi connectivity index (χ1) is 11.1. The average Bonchev–Trinajstić information content (AvgIpc) is 2.48. The zero-order valence-corrected chi connectivity index (χ0v) is 16.1. The Labute approximate surface area is 147 Å². The van der Waals surface area contributed by atoms with Crippen LogP contribution in [0.1, 0.15) is 54.5 Å². The highest BCUT2D eigenvalue weighted by Gasteiger charge is 2.06. The summed E-state index contributed by atoms with van der Waals surface area (Å²) in [6, 6.07) is 9.27. The molecule has 0 amide bonds. The molecule has 0 aliphatic carbocycles. The van der Waals surface area contributed by atoms with Crippen molar-refractivity contribution in [2.45, 2.75) is 54.4 Å². The van der Waals surface area contributed by atoms with E-state index >= 15 is 0 Å².